The summed E-state index contributed by atoms with van der Waals surface area (Å²) in [5.74, 6) is -0.428. The molecule has 106 valence electrons. The second-order valence-electron chi connectivity index (χ2n) is 4.64. The standard InChI is InChI=1S/C14H22N2O3/c1-14(13(15)17,9-12(18-2)19-3)16-10-11-7-5-4-6-8-11/h4-8,12,16H,9-10H2,1-3H3,(H2,15,17). The van der Waals surface area contributed by atoms with Gasteiger partial charge in [-0.05, 0) is 12.5 Å². The van der Waals surface area contributed by atoms with Gasteiger partial charge in [-0.2, -0.15) is 0 Å². The molecule has 0 aliphatic heterocycles. The molecule has 0 bridgehead atoms. The molecule has 0 radical (unpaired) electrons. The molecular weight excluding hydrogens is 244 g/mol. The van der Waals surface area contributed by atoms with E-state index in [1.54, 1.807) is 6.92 Å². The average molecular weight is 266 g/mol. The van der Waals surface area contributed by atoms with Crippen molar-refractivity contribution in [2.24, 2.45) is 5.73 Å². The third kappa shape index (κ3) is 4.63. The third-order valence-electron chi connectivity index (χ3n) is 3.17. The number of benzene rings is 1. The minimum absolute atomic E-state index is 0.349. The summed E-state index contributed by atoms with van der Waals surface area (Å²) in [4.78, 5) is 11.7. The minimum atomic E-state index is -0.882. The maximum absolute atomic E-state index is 11.7. The molecular formula is C14H22N2O3. The Morgan fingerprint density at radius 3 is 2.37 bits per heavy atom. The lowest BCUT2D eigenvalue weighted by atomic mass is 9.96. The molecule has 0 spiro atoms. The fraction of sp³-hybridized carbons (Fsp3) is 0.500. The number of amides is 1. The first-order chi connectivity index (χ1) is 9.01. The van der Waals surface area contributed by atoms with Crippen LogP contribution in [0.3, 0.4) is 0 Å². The molecule has 0 aliphatic carbocycles. The maximum Gasteiger partial charge on any atom is 0.237 e. The molecule has 1 unspecified atom stereocenters. The van der Waals surface area contributed by atoms with Crippen molar-refractivity contribution in [1.82, 2.24) is 5.32 Å². The van der Waals surface area contributed by atoms with Gasteiger partial charge in [-0.15, -0.1) is 0 Å². The number of nitrogens with two attached hydrogens (primary N) is 1. The Morgan fingerprint density at radius 1 is 1.32 bits per heavy atom. The molecule has 1 aromatic carbocycles. The van der Waals surface area contributed by atoms with Crippen LogP contribution in [-0.4, -0.2) is 32.0 Å². The fourth-order valence-electron chi connectivity index (χ4n) is 1.75. The molecule has 0 aromatic heterocycles. The lowest BCUT2D eigenvalue weighted by molar-refractivity contribution is -0.138. The van der Waals surface area contributed by atoms with E-state index in [4.69, 9.17) is 15.2 Å². The number of nitrogens with one attached hydrogen (secondary N) is 1. The first-order valence-corrected chi connectivity index (χ1v) is 6.16. The van der Waals surface area contributed by atoms with E-state index in [0.717, 1.165) is 5.56 Å². The molecule has 1 aromatic rings. The highest BCUT2D eigenvalue weighted by Gasteiger charge is 2.33. The van der Waals surface area contributed by atoms with Crippen LogP contribution in [-0.2, 0) is 20.8 Å². The van der Waals surface area contributed by atoms with Gasteiger partial charge in [-0.25, -0.2) is 0 Å². The zero-order valence-electron chi connectivity index (χ0n) is 11.7. The van der Waals surface area contributed by atoms with Crippen molar-refractivity contribution in [1.29, 1.82) is 0 Å². The Balaban J connectivity index is 2.68. The summed E-state index contributed by atoms with van der Waals surface area (Å²) in [7, 11) is 3.07. The predicted octanol–water partition coefficient (Wildman–Crippen LogP) is 1.03. The van der Waals surface area contributed by atoms with Crippen LogP contribution >= 0.6 is 0 Å². The van der Waals surface area contributed by atoms with E-state index in [1.807, 2.05) is 30.3 Å². The normalized spacial score (nSPS) is 14.3. The van der Waals surface area contributed by atoms with Crippen LogP contribution < -0.4 is 11.1 Å². The number of carbonyl (C=O) groups excluding carboxylic acids is 1. The van der Waals surface area contributed by atoms with Gasteiger partial charge in [0, 0.05) is 27.2 Å². The molecule has 3 N–H and O–H groups in total. The third-order valence-corrected chi connectivity index (χ3v) is 3.17. The Kier molecular flexibility index (Phi) is 5.95. The highest BCUT2D eigenvalue weighted by Crippen LogP contribution is 2.15. The summed E-state index contributed by atoms with van der Waals surface area (Å²) in [5, 5.41) is 3.18. The van der Waals surface area contributed by atoms with Gasteiger partial charge in [0.25, 0.3) is 0 Å². The Hall–Kier alpha value is -1.43. The zero-order valence-corrected chi connectivity index (χ0v) is 11.7. The van der Waals surface area contributed by atoms with E-state index in [0.29, 0.717) is 13.0 Å². The Labute approximate surface area is 114 Å². The molecule has 5 heteroatoms. The summed E-state index contributed by atoms with van der Waals surface area (Å²) in [5.41, 5.74) is 5.68. The smallest absolute Gasteiger partial charge is 0.237 e. The summed E-state index contributed by atoms with van der Waals surface area (Å²) in [6, 6.07) is 9.82. The van der Waals surface area contributed by atoms with E-state index in [9.17, 15) is 4.79 Å². The molecule has 19 heavy (non-hydrogen) atoms. The monoisotopic (exact) mass is 266 g/mol. The number of carbonyl (C=O) groups is 1. The largest absolute Gasteiger partial charge is 0.368 e. The second kappa shape index (κ2) is 7.23. The van der Waals surface area contributed by atoms with E-state index in [1.165, 1.54) is 14.2 Å². The van der Waals surface area contributed by atoms with Crippen LogP contribution in [0.15, 0.2) is 30.3 Å². The van der Waals surface area contributed by atoms with Gasteiger partial charge >= 0.3 is 0 Å². The molecule has 5 nitrogen and oxygen atoms in total. The van der Waals surface area contributed by atoms with E-state index in [-0.39, 0.29) is 0 Å². The summed E-state index contributed by atoms with van der Waals surface area (Å²) < 4.78 is 10.3. The van der Waals surface area contributed by atoms with Crippen molar-refractivity contribution >= 4 is 5.91 Å². The second-order valence-corrected chi connectivity index (χ2v) is 4.64. The van der Waals surface area contributed by atoms with Gasteiger partial charge in [-0.3, -0.25) is 10.1 Å². The van der Waals surface area contributed by atoms with Gasteiger partial charge in [0.2, 0.25) is 5.91 Å². The molecule has 1 atom stereocenters. The van der Waals surface area contributed by atoms with Gasteiger partial charge in [0.05, 0.1) is 5.54 Å². The van der Waals surface area contributed by atoms with Gasteiger partial charge in [-0.1, -0.05) is 30.3 Å². The van der Waals surface area contributed by atoms with Crippen molar-refractivity contribution in [3.8, 4) is 0 Å². The molecule has 0 fully saturated rings. The highest BCUT2D eigenvalue weighted by atomic mass is 16.7. The Morgan fingerprint density at radius 2 is 1.89 bits per heavy atom. The predicted molar refractivity (Wildman–Crippen MR) is 73.3 cm³/mol. The zero-order chi connectivity index (χ0) is 14.3. The first-order valence-electron chi connectivity index (χ1n) is 6.16. The van der Waals surface area contributed by atoms with E-state index < -0.39 is 17.7 Å². The minimum Gasteiger partial charge on any atom is -0.368 e. The SMILES string of the molecule is COC(CC(C)(NCc1ccccc1)C(N)=O)OC. The van der Waals surface area contributed by atoms with Crippen molar-refractivity contribution in [2.75, 3.05) is 14.2 Å². The van der Waals surface area contributed by atoms with Crippen LogP contribution in [0.1, 0.15) is 18.9 Å². The number of ether oxygens (including phenoxy) is 2. The molecule has 1 rings (SSSR count). The highest BCUT2D eigenvalue weighted by molar-refractivity contribution is 5.84. The first kappa shape index (κ1) is 15.6. The van der Waals surface area contributed by atoms with Crippen molar-refractivity contribution in [3.05, 3.63) is 35.9 Å². The van der Waals surface area contributed by atoms with Gasteiger partial charge in [0.1, 0.15) is 0 Å². The summed E-state index contributed by atoms with van der Waals surface area (Å²) in [6.45, 7) is 2.31. The quantitative estimate of drug-likeness (QED) is 0.689. The van der Waals surface area contributed by atoms with E-state index in [2.05, 4.69) is 5.32 Å². The number of hydrogen-bond donors (Lipinski definition) is 2. The van der Waals surface area contributed by atoms with Crippen molar-refractivity contribution in [2.45, 2.75) is 31.7 Å². The number of hydrogen-bond acceptors (Lipinski definition) is 4. The van der Waals surface area contributed by atoms with Crippen LogP contribution in [0.25, 0.3) is 0 Å². The average Bonchev–Trinajstić information content (AvgIpc) is 2.43. The summed E-state index contributed by atoms with van der Waals surface area (Å²) >= 11 is 0. The van der Waals surface area contributed by atoms with Gasteiger partial charge < -0.3 is 15.2 Å². The lowest BCUT2D eigenvalue weighted by Gasteiger charge is -2.30. The van der Waals surface area contributed by atoms with Gasteiger partial charge in [0.15, 0.2) is 6.29 Å². The number of rotatable bonds is 8. The maximum atomic E-state index is 11.7. The topological polar surface area (TPSA) is 73.6 Å². The molecule has 1 amide bonds. The fourth-order valence-corrected chi connectivity index (χ4v) is 1.75. The molecule has 0 saturated carbocycles. The molecule has 0 heterocycles. The lowest BCUT2D eigenvalue weighted by Crippen LogP contribution is -2.54. The molecule has 0 saturated heterocycles. The summed E-state index contributed by atoms with van der Waals surface area (Å²) in [6.07, 6.45) is -0.122. The van der Waals surface area contributed by atoms with Crippen molar-refractivity contribution < 1.29 is 14.3 Å². The molecule has 0 aliphatic rings. The van der Waals surface area contributed by atoms with Crippen LogP contribution in [0.5, 0.6) is 0 Å². The van der Waals surface area contributed by atoms with Crippen LogP contribution in [0.2, 0.25) is 0 Å². The van der Waals surface area contributed by atoms with E-state index >= 15 is 0 Å². The van der Waals surface area contributed by atoms with Crippen molar-refractivity contribution in [3.63, 3.8) is 0 Å². The number of methoxy groups -OCH3 is 2. The van der Waals surface area contributed by atoms with Crippen LogP contribution in [0.4, 0.5) is 0 Å². The Bertz CT molecular complexity index is 393. The number of primary amides is 1. The van der Waals surface area contributed by atoms with Crippen LogP contribution in [0, 0.1) is 0 Å².